The first kappa shape index (κ1) is 14.7. The largest absolute Gasteiger partial charge is 0.484 e. The van der Waals surface area contributed by atoms with Crippen LogP contribution in [-0.2, 0) is 9.59 Å². The van der Waals surface area contributed by atoms with Crippen LogP contribution in [0.5, 0.6) is 5.75 Å². The molecular formula is C14H17ClN2O3. The van der Waals surface area contributed by atoms with Gasteiger partial charge >= 0.3 is 0 Å². The normalized spacial score (nSPS) is 13.7. The Morgan fingerprint density at radius 1 is 1.25 bits per heavy atom. The first-order chi connectivity index (χ1) is 9.65. The highest BCUT2D eigenvalue weighted by atomic mass is 35.5. The van der Waals surface area contributed by atoms with Crippen LogP contribution in [0, 0.1) is 5.92 Å². The fourth-order valence-electron chi connectivity index (χ4n) is 1.63. The molecule has 0 aromatic heterocycles. The van der Waals surface area contributed by atoms with E-state index in [1.807, 2.05) is 0 Å². The van der Waals surface area contributed by atoms with Crippen LogP contribution in [0.1, 0.15) is 12.8 Å². The minimum atomic E-state index is -0.231. The van der Waals surface area contributed by atoms with Crippen molar-refractivity contribution in [3.8, 4) is 5.75 Å². The van der Waals surface area contributed by atoms with Gasteiger partial charge in [-0.3, -0.25) is 9.59 Å². The fourth-order valence-corrected chi connectivity index (χ4v) is 1.81. The summed E-state index contributed by atoms with van der Waals surface area (Å²) in [4.78, 5) is 22.8. The molecule has 1 aromatic rings. The fraction of sp³-hybridized carbons (Fsp3) is 0.429. The van der Waals surface area contributed by atoms with Crippen molar-refractivity contribution in [2.24, 2.45) is 5.92 Å². The Hall–Kier alpha value is -1.75. The Labute approximate surface area is 122 Å². The maximum atomic E-state index is 11.5. The van der Waals surface area contributed by atoms with Crippen molar-refractivity contribution in [2.75, 3.05) is 19.7 Å². The summed E-state index contributed by atoms with van der Waals surface area (Å²) in [5.74, 6) is 0.589. The molecule has 0 saturated heterocycles. The van der Waals surface area contributed by atoms with E-state index in [1.54, 1.807) is 24.3 Å². The van der Waals surface area contributed by atoms with Crippen LogP contribution in [0.2, 0.25) is 5.02 Å². The van der Waals surface area contributed by atoms with E-state index in [0.717, 1.165) is 12.8 Å². The van der Waals surface area contributed by atoms with Crippen LogP contribution in [0.25, 0.3) is 0 Å². The molecule has 1 fully saturated rings. The SMILES string of the molecule is O=C(COc1cccc(Cl)c1)NCCNC(=O)C1CC1. The van der Waals surface area contributed by atoms with E-state index >= 15 is 0 Å². The number of hydrogen-bond acceptors (Lipinski definition) is 3. The topological polar surface area (TPSA) is 67.4 Å². The molecule has 0 bridgehead atoms. The Morgan fingerprint density at radius 3 is 2.70 bits per heavy atom. The molecule has 1 aliphatic rings. The van der Waals surface area contributed by atoms with Gasteiger partial charge < -0.3 is 15.4 Å². The zero-order chi connectivity index (χ0) is 14.4. The second kappa shape index (κ2) is 7.14. The minimum absolute atomic E-state index is 0.0725. The van der Waals surface area contributed by atoms with Crippen molar-refractivity contribution in [1.82, 2.24) is 10.6 Å². The molecule has 5 nitrogen and oxygen atoms in total. The highest BCUT2D eigenvalue weighted by Gasteiger charge is 2.28. The van der Waals surface area contributed by atoms with E-state index in [-0.39, 0.29) is 24.3 Å². The highest BCUT2D eigenvalue weighted by Crippen LogP contribution is 2.28. The average molecular weight is 297 g/mol. The van der Waals surface area contributed by atoms with E-state index in [1.165, 1.54) is 0 Å². The van der Waals surface area contributed by atoms with E-state index < -0.39 is 0 Å². The Bertz CT molecular complexity index is 489. The third-order valence-electron chi connectivity index (χ3n) is 2.86. The summed E-state index contributed by atoms with van der Waals surface area (Å²) < 4.78 is 5.29. The van der Waals surface area contributed by atoms with Gasteiger partial charge in [0.05, 0.1) is 0 Å². The van der Waals surface area contributed by atoms with Crippen LogP contribution in [0.4, 0.5) is 0 Å². The quantitative estimate of drug-likeness (QED) is 0.747. The Kier molecular flexibility index (Phi) is 5.24. The number of ether oxygens (including phenoxy) is 1. The molecule has 1 aliphatic carbocycles. The van der Waals surface area contributed by atoms with Crippen LogP contribution in [0.15, 0.2) is 24.3 Å². The molecule has 2 N–H and O–H groups in total. The molecule has 20 heavy (non-hydrogen) atoms. The van der Waals surface area contributed by atoms with Gasteiger partial charge in [-0.2, -0.15) is 0 Å². The molecule has 6 heteroatoms. The molecule has 2 amide bonds. The summed E-state index contributed by atoms with van der Waals surface area (Å²) in [6.45, 7) is 0.769. The molecular weight excluding hydrogens is 280 g/mol. The minimum Gasteiger partial charge on any atom is -0.484 e. The van der Waals surface area contributed by atoms with E-state index in [2.05, 4.69) is 10.6 Å². The lowest BCUT2D eigenvalue weighted by Gasteiger charge is -2.08. The highest BCUT2D eigenvalue weighted by molar-refractivity contribution is 6.30. The number of rotatable bonds is 7. The van der Waals surface area contributed by atoms with Gasteiger partial charge in [-0.15, -0.1) is 0 Å². The average Bonchev–Trinajstić information content (AvgIpc) is 3.26. The summed E-state index contributed by atoms with van der Waals surface area (Å²) in [6, 6.07) is 6.86. The van der Waals surface area contributed by atoms with Gasteiger partial charge in [0, 0.05) is 24.0 Å². The molecule has 1 aromatic carbocycles. The van der Waals surface area contributed by atoms with Gasteiger partial charge in [0.15, 0.2) is 6.61 Å². The first-order valence-electron chi connectivity index (χ1n) is 6.58. The molecule has 0 atom stereocenters. The van der Waals surface area contributed by atoms with Gasteiger partial charge in [-0.05, 0) is 31.0 Å². The molecule has 0 unspecified atom stereocenters. The number of amides is 2. The summed E-state index contributed by atoms with van der Waals surface area (Å²) in [5.41, 5.74) is 0. The first-order valence-corrected chi connectivity index (χ1v) is 6.96. The van der Waals surface area contributed by atoms with Crippen molar-refractivity contribution in [2.45, 2.75) is 12.8 Å². The third kappa shape index (κ3) is 5.09. The van der Waals surface area contributed by atoms with Gasteiger partial charge in [0.25, 0.3) is 5.91 Å². The van der Waals surface area contributed by atoms with Gasteiger partial charge in [-0.1, -0.05) is 17.7 Å². The lowest BCUT2D eigenvalue weighted by atomic mass is 10.3. The smallest absolute Gasteiger partial charge is 0.258 e. The number of carbonyl (C=O) groups excluding carboxylic acids is 2. The third-order valence-corrected chi connectivity index (χ3v) is 3.10. The number of benzene rings is 1. The lowest BCUT2D eigenvalue weighted by Crippen LogP contribution is -2.37. The Morgan fingerprint density at radius 2 is 2.00 bits per heavy atom. The van der Waals surface area contributed by atoms with Crippen molar-refractivity contribution < 1.29 is 14.3 Å². The number of hydrogen-bond donors (Lipinski definition) is 2. The monoisotopic (exact) mass is 296 g/mol. The Balaban J connectivity index is 1.57. The lowest BCUT2D eigenvalue weighted by molar-refractivity contribution is -0.124. The van der Waals surface area contributed by atoms with E-state index in [4.69, 9.17) is 16.3 Å². The second-order valence-corrected chi connectivity index (χ2v) is 5.10. The van der Waals surface area contributed by atoms with Crippen molar-refractivity contribution >= 4 is 23.4 Å². The standard InChI is InChI=1S/C14H17ClN2O3/c15-11-2-1-3-12(8-11)20-9-13(18)16-6-7-17-14(19)10-4-5-10/h1-3,8,10H,4-7,9H2,(H,16,18)(H,17,19). The summed E-state index contributed by atoms with van der Waals surface area (Å²) in [6.07, 6.45) is 1.96. The van der Waals surface area contributed by atoms with Crippen molar-refractivity contribution in [3.05, 3.63) is 29.3 Å². The number of halogens is 1. The van der Waals surface area contributed by atoms with Gasteiger partial charge in [0.2, 0.25) is 5.91 Å². The van der Waals surface area contributed by atoms with Gasteiger partial charge in [-0.25, -0.2) is 0 Å². The zero-order valence-electron chi connectivity index (χ0n) is 11.0. The molecule has 108 valence electrons. The predicted octanol–water partition coefficient (Wildman–Crippen LogP) is 1.36. The van der Waals surface area contributed by atoms with Crippen molar-refractivity contribution in [3.63, 3.8) is 0 Å². The zero-order valence-corrected chi connectivity index (χ0v) is 11.8. The molecule has 0 radical (unpaired) electrons. The summed E-state index contributed by atoms with van der Waals surface area (Å²) >= 11 is 5.80. The van der Waals surface area contributed by atoms with Gasteiger partial charge in [0.1, 0.15) is 5.75 Å². The molecule has 1 saturated carbocycles. The summed E-state index contributed by atoms with van der Waals surface area (Å²) in [5, 5.41) is 6.00. The van der Waals surface area contributed by atoms with Crippen LogP contribution >= 0.6 is 11.6 Å². The van der Waals surface area contributed by atoms with Crippen LogP contribution in [-0.4, -0.2) is 31.5 Å². The maximum absolute atomic E-state index is 11.5. The number of carbonyl (C=O) groups is 2. The maximum Gasteiger partial charge on any atom is 0.258 e. The second-order valence-electron chi connectivity index (χ2n) is 4.66. The predicted molar refractivity (Wildman–Crippen MR) is 75.7 cm³/mol. The number of nitrogens with one attached hydrogen (secondary N) is 2. The summed E-state index contributed by atoms with van der Waals surface area (Å²) in [7, 11) is 0. The molecule has 0 heterocycles. The van der Waals surface area contributed by atoms with Crippen LogP contribution < -0.4 is 15.4 Å². The van der Waals surface area contributed by atoms with E-state index in [9.17, 15) is 9.59 Å². The molecule has 2 rings (SSSR count). The van der Waals surface area contributed by atoms with Crippen LogP contribution in [0.3, 0.4) is 0 Å². The van der Waals surface area contributed by atoms with Crippen molar-refractivity contribution in [1.29, 1.82) is 0 Å². The molecule has 0 spiro atoms. The van der Waals surface area contributed by atoms with E-state index in [0.29, 0.717) is 23.9 Å². The molecule has 0 aliphatic heterocycles.